The quantitative estimate of drug-likeness (QED) is 0.707. The Bertz CT molecular complexity index is 604. The Morgan fingerprint density at radius 3 is 2.52 bits per heavy atom. The average Bonchev–Trinajstić information content (AvgIpc) is 3.24. The van der Waals surface area contributed by atoms with Gasteiger partial charge in [0.15, 0.2) is 6.61 Å². The Morgan fingerprint density at radius 1 is 1.04 bits per heavy atom. The molecule has 1 aromatic rings. The average molecular weight is 375 g/mol. The fraction of sp³-hybridized carbons (Fsp3) is 0.619. The van der Waals surface area contributed by atoms with Crippen molar-refractivity contribution >= 4 is 11.9 Å². The lowest BCUT2D eigenvalue weighted by molar-refractivity contribution is -0.124. The van der Waals surface area contributed by atoms with Crippen molar-refractivity contribution in [3.05, 3.63) is 29.8 Å². The van der Waals surface area contributed by atoms with E-state index in [0.717, 1.165) is 19.4 Å². The van der Waals surface area contributed by atoms with Gasteiger partial charge in [0, 0.05) is 13.2 Å². The van der Waals surface area contributed by atoms with Gasteiger partial charge in [0.2, 0.25) is 0 Å². The number of esters is 1. The maximum absolute atomic E-state index is 12.1. The number of amides is 1. The molecule has 6 nitrogen and oxygen atoms in total. The summed E-state index contributed by atoms with van der Waals surface area (Å²) in [6.45, 7) is 1.74. The Morgan fingerprint density at radius 2 is 1.81 bits per heavy atom. The predicted molar refractivity (Wildman–Crippen MR) is 101 cm³/mol. The lowest BCUT2D eigenvalue weighted by Gasteiger charge is -2.21. The first-order valence-electron chi connectivity index (χ1n) is 9.99. The molecule has 1 atom stereocenters. The standard InChI is InChI=1S/C21H29NO5/c23-20(22-13-16-5-2-1-3-6-16)15-27-21(24)17-8-10-18(11-9-17)26-14-19-7-4-12-25-19/h8-11,16,19H,1-7,12-15H2,(H,22,23)/t19-/m0/s1. The highest BCUT2D eigenvalue weighted by atomic mass is 16.5. The zero-order chi connectivity index (χ0) is 18.9. The molecule has 1 aromatic carbocycles. The van der Waals surface area contributed by atoms with Gasteiger partial charge >= 0.3 is 5.97 Å². The number of benzene rings is 1. The lowest BCUT2D eigenvalue weighted by atomic mass is 9.89. The van der Waals surface area contributed by atoms with Crippen LogP contribution in [-0.2, 0) is 14.3 Å². The third-order valence-electron chi connectivity index (χ3n) is 5.20. The van der Waals surface area contributed by atoms with Crippen LogP contribution in [0.5, 0.6) is 5.75 Å². The summed E-state index contributed by atoms with van der Waals surface area (Å²) in [5.41, 5.74) is 0.402. The molecule has 2 aliphatic rings. The summed E-state index contributed by atoms with van der Waals surface area (Å²) in [6.07, 6.45) is 8.36. The summed E-state index contributed by atoms with van der Waals surface area (Å²) in [6, 6.07) is 6.75. The van der Waals surface area contributed by atoms with Crippen molar-refractivity contribution in [1.29, 1.82) is 0 Å². The van der Waals surface area contributed by atoms with Gasteiger partial charge in [-0.2, -0.15) is 0 Å². The van der Waals surface area contributed by atoms with Crippen molar-refractivity contribution in [1.82, 2.24) is 5.32 Å². The molecule has 0 aromatic heterocycles. The van der Waals surface area contributed by atoms with E-state index in [-0.39, 0.29) is 18.6 Å². The van der Waals surface area contributed by atoms with Crippen molar-refractivity contribution < 1.29 is 23.8 Å². The number of carbonyl (C=O) groups excluding carboxylic acids is 2. The molecule has 3 rings (SSSR count). The molecule has 1 saturated heterocycles. The minimum absolute atomic E-state index is 0.154. The van der Waals surface area contributed by atoms with E-state index in [1.807, 2.05) is 0 Å². The second-order valence-electron chi connectivity index (χ2n) is 7.35. The Balaban J connectivity index is 1.35. The zero-order valence-corrected chi connectivity index (χ0v) is 15.8. The molecule has 1 aliphatic carbocycles. The number of ether oxygens (including phenoxy) is 3. The van der Waals surface area contributed by atoms with E-state index in [1.54, 1.807) is 24.3 Å². The maximum Gasteiger partial charge on any atom is 0.338 e. The van der Waals surface area contributed by atoms with E-state index >= 15 is 0 Å². The van der Waals surface area contributed by atoms with E-state index in [4.69, 9.17) is 14.2 Å². The Hall–Kier alpha value is -2.08. The van der Waals surface area contributed by atoms with Gasteiger partial charge in [0.25, 0.3) is 5.91 Å². The van der Waals surface area contributed by atoms with Gasteiger partial charge in [0.05, 0.1) is 11.7 Å². The van der Waals surface area contributed by atoms with E-state index in [2.05, 4.69) is 5.32 Å². The van der Waals surface area contributed by atoms with Crippen LogP contribution in [0.4, 0.5) is 0 Å². The van der Waals surface area contributed by atoms with Gasteiger partial charge in [-0.25, -0.2) is 4.79 Å². The predicted octanol–water partition coefficient (Wildman–Crippen LogP) is 3.10. The molecule has 0 bridgehead atoms. The van der Waals surface area contributed by atoms with Crippen LogP contribution in [0.25, 0.3) is 0 Å². The van der Waals surface area contributed by atoms with E-state index < -0.39 is 5.97 Å². The number of carbonyl (C=O) groups is 2. The van der Waals surface area contributed by atoms with Crippen molar-refractivity contribution in [3.63, 3.8) is 0 Å². The molecule has 2 fully saturated rings. The monoisotopic (exact) mass is 375 g/mol. The van der Waals surface area contributed by atoms with Gasteiger partial charge in [-0.3, -0.25) is 4.79 Å². The summed E-state index contributed by atoms with van der Waals surface area (Å²) in [7, 11) is 0. The highest BCUT2D eigenvalue weighted by Gasteiger charge is 2.17. The molecule has 0 radical (unpaired) electrons. The molecule has 1 N–H and O–H groups in total. The smallest absolute Gasteiger partial charge is 0.338 e. The largest absolute Gasteiger partial charge is 0.491 e. The van der Waals surface area contributed by atoms with E-state index in [1.165, 1.54) is 32.1 Å². The molecule has 1 heterocycles. The van der Waals surface area contributed by atoms with Crippen LogP contribution < -0.4 is 10.1 Å². The summed E-state index contributed by atoms with van der Waals surface area (Å²) in [5.74, 6) is 0.492. The van der Waals surface area contributed by atoms with Crippen LogP contribution >= 0.6 is 0 Å². The summed E-state index contributed by atoms with van der Waals surface area (Å²) in [5, 5.41) is 2.86. The van der Waals surface area contributed by atoms with Crippen molar-refractivity contribution in [2.45, 2.75) is 51.0 Å². The number of nitrogens with one attached hydrogen (secondary N) is 1. The van der Waals surface area contributed by atoms with Crippen LogP contribution in [0.15, 0.2) is 24.3 Å². The fourth-order valence-electron chi connectivity index (χ4n) is 3.57. The van der Waals surface area contributed by atoms with Crippen LogP contribution in [0, 0.1) is 5.92 Å². The van der Waals surface area contributed by atoms with Crippen molar-refractivity contribution in [3.8, 4) is 5.75 Å². The van der Waals surface area contributed by atoms with Crippen LogP contribution in [-0.4, -0.2) is 44.3 Å². The Kier molecular flexibility index (Phi) is 7.51. The molecular formula is C21H29NO5. The molecule has 27 heavy (non-hydrogen) atoms. The molecule has 1 amide bonds. The molecule has 0 spiro atoms. The first kappa shape index (κ1) is 19.7. The molecule has 6 heteroatoms. The van der Waals surface area contributed by atoms with Crippen molar-refractivity contribution in [2.75, 3.05) is 26.4 Å². The number of hydrogen-bond acceptors (Lipinski definition) is 5. The number of hydrogen-bond donors (Lipinski definition) is 1. The first-order valence-corrected chi connectivity index (χ1v) is 9.99. The highest BCUT2D eigenvalue weighted by molar-refractivity contribution is 5.91. The van der Waals surface area contributed by atoms with E-state index in [0.29, 0.717) is 30.4 Å². The minimum Gasteiger partial charge on any atom is -0.491 e. The summed E-state index contributed by atoms with van der Waals surface area (Å²) in [4.78, 5) is 23.9. The maximum atomic E-state index is 12.1. The van der Waals surface area contributed by atoms with Gasteiger partial charge in [-0.15, -0.1) is 0 Å². The van der Waals surface area contributed by atoms with Crippen LogP contribution in [0.2, 0.25) is 0 Å². The Labute approximate surface area is 160 Å². The normalized spacial score (nSPS) is 20.2. The minimum atomic E-state index is -0.506. The van der Waals surface area contributed by atoms with Crippen LogP contribution in [0.3, 0.4) is 0 Å². The molecule has 148 valence electrons. The second kappa shape index (κ2) is 10.3. The van der Waals surface area contributed by atoms with E-state index in [9.17, 15) is 9.59 Å². The fourth-order valence-corrected chi connectivity index (χ4v) is 3.57. The SMILES string of the molecule is O=C(COC(=O)c1ccc(OC[C@@H]2CCCO2)cc1)NCC1CCCCC1. The second-order valence-corrected chi connectivity index (χ2v) is 7.35. The summed E-state index contributed by atoms with van der Waals surface area (Å²) >= 11 is 0. The topological polar surface area (TPSA) is 73.9 Å². The summed E-state index contributed by atoms with van der Waals surface area (Å²) < 4.78 is 16.3. The molecular weight excluding hydrogens is 346 g/mol. The van der Waals surface area contributed by atoms with Gasteiger partial charge in [-0.1, -0.05) is 19.3 Å². The third kappa shape index (κ3) is 6.54. The highest BCUT2D eigenvalue weighted by Crippen LogP contribution is 2.22. The molecule has 1 saturated carbocycles. The van der Waals surface area contributed by atoms with Gasteiger partial charge in [0.1, 0.15) is 12.4 Å². The van der Waals surface area contributed by atoms with Gasteiger partial charge < -0.3 is 19.5 Å². The molecule has 0 unspecified atom stereocenters. The lowest BCUT2D eigenvalue weighted by Crippen LogP contribution is -2.33. The van der Waals surface area contributed by atoms with Crippen molar-refractivity contribution in [2.24, 2.45) is 5.92 Å². The molecule has 1 aliphatic heterocycles. The number of rotatable bonds is 8. The van der Waals surface area contributed by atoms with Crippen LogP contribution in [0.1, 0.15) is 55.3 Å². The first-order chi connectivity index (χ1) is 13.2. The van der Waals surface area contributed by atoms with Gasteiger partial charge in [-0.05, 0) is 55.9 Å². The third-order valence-corrected chi connectivity index (χ3v) is 5.20. The zero-order valence-electron chi connectivity index (χ0n) is 15.8.